The highest BCUT2D eigenvalue weighted by atomic mass is 19.1. The molecule has 0 fully saturated rings. The molecule has 0 spiro atoms. The van der Waals surface area contributed by atoms with Crippen LogP contribution < -0.4 is 4.90 Å². The summed E-state index contributed by atoms with van der Waals surface area (Å²) in [4.78, 5) is 17.2. The molecule has 0 bridgehead atoms. The summed E-state index contributed by atoms with van der Waals surface area (Å²) < 4.78 is 22.9. The summed E-state index contributed by atoms with van der Waals surface area (Å²) in [6.45, 7) is 2.50. The van der Waals surface area contributed by atoms with Gasteiger partial charge in [-0.25, -0.2) is 9.18 Å². The lowest BCUT2D eigenvalue weighted by Gasteiger charge is -2.14. The average Bonchev–Trinajstić information content (AvgIpc) is 2.91. The summed E-state index contributed by atoms with van der Waals surface area (Å²) >= 11 is 0. The number of oxazole rings is 1. The molecule has 1 aromatic heterocycles. The number of ether oxygens (including phenoxy) is 1. The highest BCUT2D eigenvalue weighted by Gasteiger charge is 2.15. The molecule has 0 radical (unpaired) electrons. The molecule has 0 saturated carbocycles. The monoisotopic (exact) mass is 278 g/mol. The number of esters is 1. The molecule has 1 aromatic carbocycles. The predicted octanol–water partition coefficient (Wildman–Crippen LogP) is 2.63. The minimum Gasteiger partial charge on any atom is -0.461 e. The van der Waals surface area contributed by atoms with Crippen molar-refractivity contribution >= 4 is 12.0 Å². The molecule has 0 saturated heterocycles. The Morgan fingerprint density at radius 2 is 2.10 bits per heavy atom. The Bertz CT molecular complexity index is 580. The van der Waals surface area contributed by atoms with E-state index in [0.717, 1.165) is 5.56 Å². The number of benzene rings is 1. The molecule has 0 aliphatic rings. The van der Waals surface area contributed by atoms with E-state index in [1.54, 1.807) is 31.0 Å². The second kappa shape index (κ2) is 6.18. The van der Waals surface area contributed by atoms with Gasteiger partial charge in [-0.1, -0.05) is 12.1 Å². The lowest BCUT2D eigenvalue weighted by Crippen LogP contribution is -2.17. The molecule has 5 nitrogen and oxygen atoms in total. The summed E-state index contributed by atoms with van der Waals surface area (Å²) in [5.74, 6) is -0.796. The zero-order valence-electron chi connectivity index (χ0n) is 11.3. The van der Waals surface area contributed by atoms with Crippen molar-refractivity contribution in [2.24, 2.45) is 0 Å². The largest absolute Gasteiger partial charge is 0.461 e. The third kappa shape index (κ3) is 3.34. The van der Waals surface area contributed by atoms with Crippen LogP contribution >= 0.6 is 0 Å². The smallest absolute Gasteiger partial charge is 0.360 e. The van der Waals surface area contributed by atoms with E-state index in [-0.39, 0.29) is 18.1 Å². The van der Waals surface area contributed by atoms with Crippen LogP contribution in [0.5, 0.6) is 0 Å². The SMILES string of the molecule is CCOC(=O)c1coc(N(C)Cc2ccc(F)cc2)n1. The van der Waals surface area contributed by atoms with Crippen LogP contribution in [-0.2, 0) is 11.3 Å². The third-order valence-electron chi connectivity index (χ3n) is 2.64. The normalized spacial score (nSPS) is 10.3. The Labute approximate surface area is 116 Å². The first-order valence-electron chi connectivity index (χ1n) is 6.18. The molecule has 0 atom stereocenters. The van der Waals surface area contributed by atoms with Crippen molar-refractivity contribution in [3.8, 4) is 0 Å². The van der Waals surface area contributed by atoms with Gasteiger partial charge in [0.2, 0.25) is 0 Å². The molecule has 0 aliphatic heterocycles. The topological polar surface area (TPSA) is 55.6 Å². The molecular formula is C14H15FN2O3. The Balaban J connectivity index is 2.04. The Morgan fingerprint density at radius 3 is 2.75 bits per heavy atom. The number of hydrogen-bond donors (Lipinski definition) is 0. The van der Waals surface area contributed by atoms with Gasteiger partial charge in [-0.3, -0.25) is 0 Å². The number of carbonyl (C=O) groups is 1. The first-order chi connectivity index (χ1) is 9.60. The quantitative estimate of drug-likeness (QED) is 0.787. The Kier molecular flexibility index (Phi) is 4.34. The van der Waals surface area contributed by atoms with Gasteiger partial charge in [-0.15, -0.1) is 0 Å². The minimum absolute atomic E-state index is 0.132. The van der Waals surface area contributed by atoms with Crippen LogP contribution in [0.1, 0.15) is 23.0 Å². The molecule has 1 heterocycles. The second-order valence-electron chi connectivity index (χ2n) is 4.22. The van der Waals surface area contributed by atoms with Gasteiger partial charge in [0.25, 0.3) is 6.01 Å². The van der Waals surface area contributed by atoms with Gasteiger partial charge >= 0.3 is 5.97 Å². The van der Waals surface area contributed by atoms with E-state index in [2.05, 4.69) is 4.98 Å². The second-order valence-corrected chi connectivity index (χ2v) is 4.22. The molecular weight excluding hydrogens is 263 g/mol. The maximum absolute atomic E-state index is 12.8. The van der Waals surface area contributed by atoms with Crippen molar-refractivity contribution in [2.45, 2.75) is 13.5 Å². The number of hydrogen-bond acceptors (Lipinski definition) is 5. The van der Waals surface area contributed by atoms with Crippen LogP contribution in [-0.4, -0.2) is 24.6 Å². The van der Waals surface area contributed by atoms with Crippen LogP contribution in [0.15, 0.2) is 34.9 Å². The van der Waals surface area contributed by atoms with Gasteiger partial charge < -0.3 is 14.1 Å². The lowest BCUT2D eigenvalue weighted by molar-refractivity contribution is 0.0519. The van der Waals surface area contributed by atoms with Gasteiger partial charge in [0.05, 0.1) is 6.61 Å². The summed E-state index contributed by atoms with van der Waals surface area (Å²) in [5.41, 5.74) is 1.04. The van der Waals surface area contributed by atoms with Crippen molar-refractivity contribution in [2.75, 3.05) is 18.6 Å². The van der Waals surface area contributed by atoms with E-state index in [1.807, 2.05) is 0 Å². The van der Waals surface area contributed by atoms with Crippen LogP contribution in [0, 0.1) is 5.82 Å². The summed E-state index contributed by atoms with van der Waals surface area (Å²) in [6.07, 6.45) is 1.26. The average molecular weight is 278 g/mol. The van der Waals surface area contributed by atoms with E-state index in [4.69, 9.17) is 9.15 Å². The van der Waals surface area contributed by atoms with Gasteiger partial charge in [0, 0.05) is 13.6 Å². The van der Waals surface area contributed by atoms with E-state index >= 15 is 0 Å². The van der Waals surface area contributed by atoms with E-state index < -0.39 is 5.97 Å². The molecule has 0 amide bonds. The van der Waals surface area contributed by atoms with Crippen molar-refractivity contribution < 1.29 is 18.3 Å². The fraction of sp³-hybridized carbons (Fsp3) is 0.286. The fourth-order valence-electron chi connectivity index (χ4n) is 1.67. The molecule has 20 heavy (non-hydrogen) atoms. The highest BCUT2D eigenvalue weighted by Crippen LogP contribution is 2.16. The first kappa shape index (κ1) is 14.0. The fourth-order valence-corrected chi connectivity index (χ4v) is 1.67. The molecule has 0 N–H and O–H groups in total. The molecule has 2 rings (SSSR count). The van der Waals surface area contributed by atoms with Crippen LogP contribution in [0.2, 0.25) is 0 Å². The minimum atomic E-state index is -0.516. The van der Waals surface area contributed by atoms with E-state index in [9.17, 15) is 9.18 Å². The van der Waals surface area contributed by atoms with Crippen molar-refractivity contribution in [1.82, 2.24) is 4.98 Å². The number of aromatic nitrogens is 1. The number of carbonyl (C=O) groups excluding carboxylic acids is 1. The van der Waals surface area contributed by atoms with E-state index in [0.29, 0.717) is 12.6 Å². The third-order valence-corrected chi connectivity index (χ3v) is 2.64. The van der Waals surface area contributed by atoms with Crippen molar-refractivity contribution in [3.05, 3.63) is 47.6 Å². The number of halogens is 1. The highest BCUT2D eigenvalue weighted by molar-refractivity contribution is 5.87. The predicted molar refractivity (Wildman–Crippen MR) is 71.0 cm³/mol. The molecule has 2 aromatic rings. The number of nitrogens with zero attached hydrogens (tertiary/aromatic N) is 2. The zero-order valence-corrected chi connectivity index (χ0v) is 11.3. The summed E-state index contributed by atoms with van der Waals surface area (Å²) in [7, 11) is 1.77. The standard InChI is InChI=1S/C14H15FN2O3/c1-3-19-13(18)12-9-20-14(16-12)17(2)8-10-4-6-11(15)7-5-10/h4-7,9H,3,8H2,1-2H3. The lowest BCUT2D eigenvalue weighted by atomic mass is 10.2. The van der Waals surface area contributed by atoms with Gasteiger partial charge in [0.15, 0.2) is 5.69 Å². The van der Waals surface area contributed by atoms with Crippen molar-refractivity contribution in [1.29, 1.82) is 0 Å². The molecule has 0 unspecified atom stereocenters. The number of anilines is 1. The van der Waals surface area contributed by atoms with Crippen LogP contribution in [0.3, 0.4) is 0 Å². The summed E-state index contributed by atoms with van der Waals surface area (Å²) in [6, 6.07) is 6.45. The maximum atomic E-state index is 12.8. The number of rotatable bonds is 5. The van der Waals surface area contributed by atoms with Crippen LogP contribution in [0.4, 0.5) is 10.4 Å². The van der Waals surface area contributed by atoms with Gasteiger partial charge in [-0.05, 0) is 24.6 Å². The molecule has 0 aliphatic carbocycles. The zero-order chi connectivity index (χ0) is 14.5. The Morgan fingerprint density at radius 1 is 1.40 bits per heavy atom. The van der Waals surface area contributed by atoms with Gasteiger partial charge in [0.1, 0.15) is 12.1 Å². The van der Waals surface area contributed by atoms with Gasteiger partial charge in [-0.2, -0.15) is 4.98 Å². The van der Waals surface area contributed by atoms with E-state index in [1.165, 1.54) is 18.4 Å². The Hall–Kier alpha value is -2.37. The van der Waals surface area contributed by atoms with Crippen molar-refractivity contribution in [3.63, 3.8) is 0 Å². The first-order valence-corrected chi connectivity index (χ1v) is 6.18. The molecule has 106 valence electrons. The molecule has 6 heteroatoms. The summed E-state index contributed by atoms with van der Waals surface area (Å²) in [5, 5.41) is 0. The van der Waals surface area contributed by atoms with Crippen LogP contribution in [0.25, 0.3) is 0 Å². The maximum Gasteiger partial charge on any atom is 0.360 e.